The van der Waals surface area contributed by atoms with E-state index in [1.165, 1.54) is 32.1 Å². The van der Waals surface area contributed by atoms with Gasteiger partial charge in [0.15, 0.2) is 0 Å². The summed E-state index contributed by atoms with van der Waals surface area (Å²) in [5.41, 5.74) is 1.05. The molecular weight excluding hydrogens is 300 g/mol. The van der Waals surface area contributed by atoms with E-state index in [0.29, 0.717) is 10.8 Å². The molecule has 0 saturated carbocycles. The molecule has 0 nitrogen and oxygen atoms in total. The topological polar surface area (TPSA) is 0 Å². The average Bonchev–Trinajstić information content (AvgIpc) is 2.69. The van der Waals surface area contributed by atoms with Gasteiger partial charge in [0.1, 0.15) is 0 Å². The standard InChI is InChI=1S/C11H24.C4H10.5C2H6/c1-7-10(3,4)9-11(5,6)8-2;1-3-4-2;5*1-2/h7-9H2,1-6H3;3-4H2,1-2H3;5*1-2H3. The summed E-state index contributed by atoms with van der Waals surface area (Å²) in [6, 6.07) is 0. The van der Waals surface area contributed by atoms with Gasteiger partial charge in [0.25, 0.3) is 0 Å². The van der Waals surface area contributed by atoms with Crippen LogP contribution in [0.5, 0.6) is 0 Å². The van der Waals surface area contributed by atoms with Gasteiger partial charge in [-0.1, -0.05) is 150 Å². The number of hydrogen-bond acceptors (Lipinski definition) is 0. The van der Waals surface area contributed by atoms with Gasteiger partial charge in [-0.05, 0) is 17.3 Å². The lowest BCUT2D eigenvalue weighted by Crippen LogP contribution is -2.21. The van der Waals surface area contributed by atoms with Crippen molar-refractivity contribution in [2.75, 3.05) is 0 Å². The fourth-order valence-electron chi connectivity index (χ4n) is 1.55. The molecule has 0 amide bonds. The predicted molar refractivity (Wildman–Crippen MR) is 130 cm³/mol. The lowest BCUT2D eigenvalue weighted by molar-refractivity contribution is 0.183. The van der Waals surface area contributed by atoms with Crippen LogP contribution >= 0.6 is 0 Å². The summed E-state index contributed by atoms with van der Waals surface area (Å²) in [7, 11) is 0. The van der Waals surface area contributed by atoms with Gasteiger partial charge in [-0.3, -0.25) is 0 Å². The first-order chi connectivity index (χ1) is 11.7. The maximum Gasteiger partial charge on any atom is -0.0352 e. The summed E-state index contributed by atoms with van der Waals surface area (Å²) in [6.45, 7) is 38.4. The monoisotopic (exact) mass is 365 g/mol. The van der Waals surface area contributed by atoms with Gasteiger partial charge in [-0.25, -0.2) is 0 Å². The van der Waals surface area contributed by atoms with Crippen LogP contribution in [0, 0.1) is 10.8 Å². The highest BCUT2D eigenvalue weighted by Gasteiger charge is 2.25. The van der Waals surface area contributed by atoms with Gasteiger partial charge in [0.05, 0.1) is 0 Å². The molecular formula is C25H64. The first-order valence-electron chi connectivity index (χ1n) is 11.7. The molecule has 0 aliphatic carbocycles. The summed E-state index contributed by atoms with van der Waals surface area (Å²) >= 11 is 0. The molecule has 0 heteroatoms. The molecule has 0 saturated heterocycles. The second-order valence-corrected chi connectivity index (χ2v) is 6.21. The van der Waals surface area contributed by atoms with E-state index in [1.54, 1.807) is 0 Å². The molecule has 0 radical (unpaired) electrons. The van der Waals surface area contributed by atoms with Crippen molar-refractivity contribution in [2.24, 2.45) is 10.8 Å². The van der Waals surface area contributed by atoms with Crippen molar-refractivity contribution in [1.29, 1.82) is 0 Å². The molecule has 0 bridgehead atoms. The van der Waals surface area contributed by atoms with Gasteiger partial charge >= 0.3 is 0 Å². The molecule has 25 heavy (non-hydrogen) atoms. The van der Waals surface area contributed by atoms with Gasteiger partial charge in [-0.15, -0.1) is 0 Å². The van der Waals surface area contributed by atoms with Crippen LogP contribution in [0.15, 0.2) is 0 Å². The Kier molecular flexibility index (Phi) is 78.1. The first kappa shape index (κ1) is 44.4. The van der Waals surface area contributed by atoms with Crippen molar-refractivity contribution in [3.63, 3.8) is 0 Å². The van der Waals surface area contributed by atoms with Gasteiger partial charge in [-0.2, -0.15) is 0 Å². The molecule has 0 spiro atoms. The summed E-state index contributed by atoms with van der Waals surface area (Å²) in [6.07, 6.45) is 6.56. The Bertz CT molecular complexity index is 115. The van der Waals surface area contributed by atoms with Crippen molar-refractivity contribution in [3.8, 4) is 0 Å². The lowest BCUT2D eigenvalue weighted by atomic mass is 9.72. The first-order valence-corrected chi connectivity index (χ1v) is 11.7. The Morgan fingerprint density at radius 2 is 0.560 bits per heavy atom. The fourth-order valence-corrected chi connectivity index (χ4v) is 1.55. The molecule has 0 aromatic rings. The maximum atomic E-state index is 2.37. The van der Waals surface area contributed by atoms with E-state index in [1.807, 2.05) is 69.2 Å². The largest absolute Gasteiger partial charge is 0.0683 e. The number of hydrogen-bond donors (Lipinski definition) is 0. The van der Waals surface area contributed by atoms with Crippen LogP contribution in [0.2, 0.25) is 0 Å². The normalized spacial score (nSPS) is 8.40. The predicted octanol–water partition coefficient (Wildman–Crippen LogP) is 11.2. The van der Waals surface area contributed by atoms with E-state index in [2.05, 4.69) is 55.4 Å². The SMILES string of the molecule is CC.CC.CC.CC.CC.CCC(C)(C)CC(C)(C)CC.CCCC. The second kappa shape index (κ2) is 43.9. The number of unbranched alkanes of at least 4 members (excludes halogenated alkanes) is 1. The van der Waals surface area contributed by atoms with Gasteiger partial charge in [0, 0.05) is 0 Å². The molecule has 0 aromatic heterocycles. The van der Waals surface area contributed by atoms with E-state index in [0.717, 1.165) is 0 Å². The van der Waals surface area contributed by atoms with Crippen molar-refractivity contribution < 1.29 is 0 Å². The highest BCUT2D eigenvalue weighted by Crippen LogP contribution is 2.37. The van der Waals surface area contributed by atoms with Gasteiger partial charge in [0.2, 0.25) is 0 Å². The Hall–Kier alpha value is 0. The molecule has 0 unspecified atom stereocenters. The molecule has 0 rings (SSSR count). The quantitative estimate of drug-likeness (QED) is 0.455. The van der Waals surface area contributed by atoms with Crippen LogP contribution in [-0.2, 0) is 0 Å². The molecule has 0 aliphatic heterocycles. The molecule has 0 N–H and O–H groups in total. The zero-order chi connectivity index (χ0) is 22.5. The minimum absolute atomic E-state index is 0.527. The van der Waals surface area contributed by atoms with Crippen LogP contribution in [0.25, 0.3) is 0 Å². The van der Waals surface area contributed by atoms with E-state index in [-0.39, 0.29) is 0 Å². The van der Waals surface area contributed by atoms with Crippen molar-refractivity contribution in [1.82, 2.24) is 0 Å². The van der Waals surface area contributed by atoms with Crippen molar-refractivity contribution in [2.45, 2.75) is 157 Å². The Morgan fingerprint density at radius 3 is 0.640 bits per heavy atom. The highest BCUT2D eigenvalue weighted by molar-refractivity contribution is 4.76. The third kappa shape index (κ3) is 68.7. The van der Waals surface area contributed by atoms with Crippen molar-refractivity contribution >= 4 is 0 Å². The van der Waals surface area contributed by atoms with Crippen LogP contribution < -0.4 is 0 Å². The summed E-state index contributed by atoms with van der Waals surface area (Å²) < 4.78 is 0. The molecule has 0 fully saturated rings. The summed E-state index contributed by atoms with van der Waals surface area (Å²) in [4.78, 5) is 0. The highest BCUT2D eigenvalue weighted by atomic mass is 14.3. The Balaban J connectivity index is -0.0000000387. The molecule has 0 aliphatic rings. The summed E-state index contributed by atoms with van der Waals surface area (Å²) in [5, 5.41) is 0. The van der Waals surface area contributed by atoms with E-state index in [9.17, 15) is 0 Å². The molecule has 0 atom stereocenters. The van der Waals surface area contributed by atoms with E-state index < -0.39 is 0 Å². The van der Waals surface area contributed by atoms with Crippen LogP contribution in [0.4, 0.5) is 0 Å². The number of rotatable bonds is 5. The van der Waals surface area contributed by atoms with Gasteiger partial charge < -0.3 is 0 Å². The molecule has 0 aromatic carbocycles. The zero-order valence-corrected chi connectivity index (χ0v) is 22.5. The Labute approximate surface area is 168 Å². The third-order valence-corrected chi connectivity index (χ3v) is 3.37. The van der Waals surface area contributed by atoms with Crippen molar-refractivity contribution in [3.05, 3.63) is 0 Å². The maximum absolute atomic E-state index is 2.37. The van der Waals surface area contributed by atoms with Crippen LogP contribution in [-0.4, -0.2) is 0 Å². The Morgan fingerprint density at radius 1 is 0.400 bits per heavy atom. The average molecular weight is 365 g/mol. The van der Waals surface area contributed by atoms with Crippen LogP contribution in [0.3, 0.4) is 0 Å². The minimum Gasteiger partial charge on any atom is -0.0683 e. The smallest absolute Gasteiger partial charge is 0.0352 e. The third-order valence-electron chi connectivity index (χ3n) is 3.37. The minimum atomic E-state index is 0.527. The van der Waals surface area contributed by atoms with E-state index in [4.69, 9.17) is 0 Å². The second-order valence-electron chi connectivity index (χ2n) is 6.21. The molecule has 0 heterocycles. The summed E-state index contributed by atoms with van der Waals surface area (Å²) in [5.74, 6) is 0. The molecule has 164 valence electrons. The lowest BCUT2D eigenvalue weighted by Gasteiger charge is -2.33. The zero-order valence-electron chi connectivity index (χ0n) is 22.5. The van der Waals surface area contributed by atoms with Crippen LogP contribution in [0.1, 0.15) is 157 Å². The fraction of sp³-hybridized carbons (Fsp3) is 1.00. The van der Waals surface area contributed by atoms with E-state index >= 15 is 0 Å².